The van der Waals surface area contributed by atoms with Crippen molar-refractivity contribution in [3.8, 4) is 5.75 Å². The average molecular weight is 617 g/mol. The van der Waals surface area contributed by atoms with E-state index in [4.69, 9.17) is 9.47 Å². The topological polar surface area (TPSA) is 114 Å². The molecule has 3 aromatic carbocycles. The van der Waals surface area contributed by atoms with Crippen molar-refractivity contribution in [1.82, 2.24) is 5.43 Å². The molecule has 3 aromatic rings. The largest absolute Gasteiger partial charge is 0.482 e. The molecule has 11 heteroatoms. The summed E-state index contributed by atoms with van der Waals surface area (Å²) in [5.41, 5.74) is 3.68. The number of nitrogens with zero attached hydrogens (tertiary/aromatic N) is 2. The zero-order valence-corrected chi connectivity index (χ0v) is 24.5. The van der Waals surface area contributed by atoms with Crippen molar-refractivity contribution in [3.05, 3.63) is 88.4 Å². The maximum absolute atomic E-state index is 13.4. The van der Waals surface area contributed by atoms with Gasteiger partial charge in [-0.1, -0.05) is 33.6 Å². The molecule has 0 saturated heterocycles. The van der Waals surface area contributed by atoms with Crippen molar-refractivity contribution in [2.45, 2.75) is 38.2 Å². The number of aryl methyl sites for hydroxylation is 1. The van der Waals surface area contributed by atoms with E-state index in [1.807, 2.05) is 6.92 Å². The van der Waals surface area contributed by atoms with E-state index in [0.717, 1.165) is 14.3 Å². The Bertz CT molecular complexity index is 1420. The molecule has 0 atom stereocenters. The van der Waals surface area contributed by atoms with Gasteiger partial charge >= 0.3 is 5.97 Å². The van der Waals surface area contributed by atoms with Crippen LogP contribution in [-0.4, -0.2) is 45.3 Å². The Hall–Kier alpha value is -3.70. The van der Waals surface area contributed by atoms with Gasteiger partial charge in [-0.25, -0.2) is 18.6 Å². The van der Waals surface area contributed by atoms with Gasteiger partial charge < -0.3 is 9.47 Å². The molecule has 1 N–H and O–H groups in total. The number of hydrazone groups is 1. The van der Waals surface area contributed by atoms with Gasteiger partial charge in [0.05, 0.1) is 16.8 Å². The van der Waals surface area contributed by atoms with Gasteiger partial charge in [0.1, 0.15) is 17.9 Å². The maximum atomic E-state index is 13.4. The number of sulfonamides is 1. The first-order valence-corrected chi connectivity index (χ1v) is 14.2. The number of carbonyl (C=O) groups excluding carboxylic acids is 2. The summed E-state index contributed by atoms with van der Waals surface area (Å²) in [6.07, 6.45) is 1.41. The number of anilines is 1. The van der Waals surface area contributed by atoms with Crippen LogP contribution in [0.15, 0.2) is 87.3 Å². The van der Waals surface area contributed by atoms with Gasteiger partial charge in [-0.05, 0) is 93.9 Å². The van der Waals surface area contributed by atoms with Crippen LogP contribution in [0.1, 0.15) is 31.9 Å². The molecule has 0 saturated carbocycles. The highest BCUT2D eigenvalue weighted by molar-refractivity contribution is 9.10. The van der Waals surface area contributed by atoms with Crippen LogP contribution in [0, 0.1) is 6.92 Å². The lowest BCUT2D eigenvalue weighted by atomic mass is 10.2. The molecular formula is C28H30BrN3O6S. The monoisotopic (exact) mass is 615 g/mol. The Labute approximate surface area is 237 Å². The second-order valence-corrected chi connectivity index (χ2v) is 12.3. The molecule has 0 unspecified atom stereocenters. The average Bonchev–Trinajstić information content (AvgIpc) is 2.87. The first-order valence-electron chi connectivity index (χ1n) is 11.9. The normalized spacial score (nSPS) is 11.7. The Morgan fingerprint density at radius 3 is 2.18 bits per heavy atom. The number of benzene rings is 3. The molecule has 0 fully saturated rings. The second-order valence-electron chi connectivity index (χ2n) is 9.54. The summed E-state index contributed by atoms with van der Waals surface area (Å²) in [6.45, 7) is 6.49. The van der Waals surface area contributed by atoms with Gasteiger partial charge in [-0.3, -0.25) is 9.10 Å². The minimum Gasteiger partial charge on any atom is -0.482 e. The molecule has 0 spiro atoms. The molecule has 0 bridgehead atoms. The van der Waals surface area contributed by atoms with Crippen LogP contribution < -0.4 is 14.5 Å². The third kappa shape index (κ3) is 9.22. The molecule has 0 aliphatic rings. The highest BCUT2D eigenvalue weighted by Gasteiger charge is 2.27. The zero-order valence-electron chi connectivity index (χ0n) is 22.0. The van der Waals surface area contributed by atoms with Crippen LogP contribution in [0.4, 0.5) is 5.69 Å². The van der Waals surface area contributed by atoms with E-state index in [2.05, 4.69) is 26.5 Å². The Morgan fingerprint density at radius 1 is 0.974 bits per heavy atom. The van der Waals surface area contributed by atoms with Gasteiger partial charge in [0, 0.05) is 4.47 Å². The molecule has 0 heterocycles. The summed E-state index contributed by atoms with van der Waals surface area (Å²) in [4.78, 5) is 24.6. The minimum absolute atomic E-state index is 0.0706. The minimum atomic E-state index is -4.02. The molecule has 0 radical (unpaired) electrons. The van der Waals surface area contributed by atoms with E-state index in [1.165, 1.54) is 18.3 Å². The number of hydrogen-bond donors (Lipinski definition) is 1. The van der Waals surface area contributed by atoms with Gasteiger partial charge in [0.2, 0.25) is 0 Å². The molecule has 0 aliphatic carbocycles. The van der Waals surface area contributed by atoms with Gasteiger partial charge in [0.15, 0.2) is 6.61 Å². The van der Waals surface area contributed by atoms with Crippen molar-refractivity contribution in [2.24, 2.45) is 5.10 Å². The lowest BCUT2D eigenvalue weighted by molar-refractivity contribution is -0.157. The summed E-state index contributed by atoms with van der Waals surface area (Å²) < 4.78 is 39.3. The van der Waals surface area contributed by atoms with E-state index >= 15 is 0 Å². The SMILES string of the molecule is Cc1ccc(S(=O)(=O)N(CC(=O)N/N=C\c2ccc(OCC(=O)OC(C)(C)C)cc2)c2ccc(Br)cc2)cc1. The van der Waals surface area contributed by atoms with Crippen LogP contribution >= 0.6 is 15.9 Å². The molecule has 1 amide bonds. The fraction of sp³-hybridized carbons (Fsp3) is 0.250. The van der Waals surface area contributed by atoms with E-state index < -0.39 is 34.0 Å². The number of nitrogens with one attached hydrogen (secondary N) is 1. The molecule has 9 nitrogen and oxygen atoms in total. The maximum Gasteiger partial charge on any atom is 0.344 e. The molecule has 0 aliphatic heterocycles. The van der Waals surface area contributed by atoms with E-state index in [9.17, 15) is 18.0 Å². The summed E-state index contributed by atoms with van der Waals surface area (Å²) in [5, 5.41) is 3.94. The smallest absolute Gasteiger partial charge is 0.344 e. The first-order chi connectivity index (χ1) is 18.3. The van der Waals surface area contributed by atoms with E-state index in [0.29, 0.717) is 17.0 Å². The van der Waals surface area contributed by atoms with Crippen LogP contribution in [0.5, 0.6) is 5.75 Å². The number of rotatable bonds is 10. The predicted octanol–water partition coefficient (Wildman–Crippen LogP) is 4.82. The number of amides is 1. The standard InChI is InChI=1S/C28H30BrN3O6S/c1-20-5-15-25(16-6-20)39(35,36)32(23-11-9-22(29)10-12-23)18-26(33)31-30-17-21-7-13-24(14-8-21)37-19-27(34)38-28(2,3)4/h5-17H,18-19H2,1-4H3,(H,31,33)/b30-17-. The Kier molecular flexibility index (Phi) is 9.87. The third-order valence-corrected chi connectivity index (χ3v) is 7.39. The Balaban J connectivity index is 1.64. The van der Waals surface area contributed by atoms with Crippen molar-refractivity contribution in [1.29, 1.82) is 0 Å². The van der Waals surface area contributed by atoms with Gasteiger partial charge in [0.25, 0.3) is 15.9 Å². The van der Waals surface area contributed by atoms with Crippen LogP contribution in [-0.2, 0) is 24.3 Å². The number of halogens is 1. The van der Waals surface area contributed by atoms with E-state index in [-0.39, 0.29) is 11.5 Å². The molecule has 3 rings (SSSR count). The van der Waals surface area contributed by atoms with Crippen molar-refractivity contribution in [2.75, 3.05) is 17.5 Å². The number of hydrogen-bond acceptors (Lipinski definition) is 7. The highest BCUT2D eigenvalue weighted by Crippen LogP contribution is 2.25. The zero-order chi connectivity index (χ0) is 28.6. The quantitative estimate of drug-likeness (QED) is 0.199. The second kappa shape index (κ2) is 12.9. The fourth-order valence-electron chi connectivity index (χ4n) is 3.27. The first kappa shape index (κ1) is 29.9. The van der Waals surface area contributed by atoms with Crippen LogP contribution in [0.2, 0.25) is 0 Å². The fourth-order valence-corrected chi connectivity index (χ4v) is 4.95. The van der Waals surface area contributed by atoms with Crippen molar-refractivity contribution in [3.63, 3.8) is 0 Å². The highest BCUT2D eigenvalue weighted by atomic mass is 79.9. The lowest BCUT2D eigenvalue weighted by Crippen LogP contribution is -2.39. The number of esters is 1. The molecule has 0 aromatic heterocycles. The summed E-state index contributed by atoms with van der Waals surface area (Å²) in [6, 6.07) is 19.7. The van der Waals surface area contributed by atoms with Crippen molar-refractivity contribution >= 4 is 49.7 Å². The third-order valence-electron chi connectivity index (χ3n) is 5.07. The summed E-state index contributed by atoms with van der Waals surface area (Å²) in [5.74, 6) is -0.631. The lowest BCUT2D eigenvalue weighted by Gasteiger charge is -2.23. The van der Waals surface area contributed by atoms with E-state index in [1.54, 1.807) is 81.4 Å². The van der Waals surface area contributed by atoms with Gasteiger partial charge in [-0.15, -0.1) is 0 Å². The van der Waals surface area contributed by atoms with Crippen molar-refractivity contribution < 1.29 is 27.5 Å². The molecular weight excluding hydrogens is 586 g/mol. The number of carbonyl (C=O) groups is 2. The predicted molar refractivity (Wildman–Crippen MR) is 153 cm³/mol. The molecule has 206 valence electrons. The van der Waals surface area contributed by atoms with Gasteiger partial charge in [-0.2, -0.15) is 5.10 Å². The van der Waals surface area contributed by atoms with Crippen LogP contribution in [0.3, 0.4) is 0 Å². The van der Waals surface area contributed by atoms with Crippen LogP contribution in [0.25, 0.3) is 0 Å². The summed E-state index contributed by atoms with van der Waals surface area (Å²) in [7, 11) is -4.02. The number of ether oxygens (including phenoxy) is 2. The summed E-state index contributed by atoms with van der Waals surface area (Å²) >= 11 is 3.34. The Morgan fingerprint density at radius 2 is 1.59 bits per heavy atom. The molecule has 39 heavy (non-hydrogen) atoms.